The molecule has 1 heterocycles. The highest BCUT2D eigenvalue weighted by Gasteiger charge is 2.18. The molecule has 25 heavy (non-hydrogen) atoms. The number of aromatic nitrogens is 3. The average molecular weight is 336 g/mol. The molecule has 0 unspecified atom stereocenters. The van der Waals surface area contributed by atoms with E-state index in [1.807, 2.05) is 67.5 Å². The van der Waals surface area contributed by atoms with E-state index in [0.29, 0.717) is 0 Å². The van der Waals surface area contributed by atoms with Gasteiger partial charge in [0.15, 0.2) is 0 Å². The molecule has 7 heteroatoms. The van der Waals surface area contributed by atoms with E-state index in [-0.39, 0.29) is 5.91 Å². The Labute approximate surface area is 145 Å². The number of benzene rings is 2. The summed E-state index contributed by atoms with van der Waals surface area (Å²) in [6, 6.07) is 14.9. The van der Waals surface area contributed by atoms with Crippen LogP contribution in [0.25, 0.3) is 11.0 Å². The molecule has 1 aromatic heterocycles. The number of carbonyl (C=O) groups is 1. The highest BCUT2D eigenvalue weighted by Crippen LogP contribution is 2.15. The Morgan fingerprint density at radius 1 is 1.20 bits per heavy atom. The van der Waals surface area contributed by atoms with Gasteiger partial charge in [-0.05, 0) is 36.8 Å². The molecule has 0 saturated carbocycles. The molecular formula is C18H20N6O. The molecule has 0 spiro atoms. The number of para-hydroxylation sites is 1. The predicted octanol–water partition coefficient (Wildman–Crippen LogP) is 2.21. The zero-order valence-electron chi connectivity index (χ0n) is 14.4. The molecule has 0 bridgehead atoms. The number of nitrogens with one attached hydrogen (secondary N) is 1. The standard InChI is InChI=1S/C18H20N6O/c1-13(24-17-7-5-4-6-16(17)20-22-24)18(25)21-19-12-14-8-10-15(11-9-14)23(2)3/h4-13H,1-3H3,(H,21,25)/b19-12-/t13-/m1/s1. The quantitative estimate of drug-likeness (QED) is 0.572. The van der Waals surface area contributed by atoms with Crippen LogP contribution in [-0.4, -0.2) is 41.2 Å². The third kappa shape index (κ3) is 3.65. The number of nitrogens with zero attached hydrogens (tertiary/aromatic N) is 5. The molecule has 3 rings (SSSR count). The van der Waals surface area contributed by atoms with Crippen LogP contribution in [0, 0.1) is 0 Å². The zero-order valence-corrected chi connectivity index (χ0v) is 14.4. The van der Waals surface area contributed by atoms with Crippen molar-refractivity contribution in [2.24, 2.45) is 5.10 Å². The molecule has 0 radical (unpaired) electrons. The van der Waals surface area contributed by atoms with E-state index in [2.05, 4.69) is 20.8 Å². The molecule has 0 aliphatic carbocycles. The number of hydrogen-bond donors (Lipinski definition) is 1. The SMILES string of the molecule is C[C@H](C(=O)N/N=C\c1ccc(N(C)C)cc1)n1nnc2ccccc21. The summed E-state index contributed by atoms with van der Waals surface area (Å²) in [6.07, 6.45) is 1.61. The smallest absolute Gasteiger partial charge is 0.264 e. The average Bonchev–Trinajstić information content (AvgIpc) is 3.05. The lowest BCUT2D eigenvalue weighted by Gasteiger charge is -2.12. The third-order valence-electron chi connectivity index (χ3n) is 3.92. The summed E-state index contributed by atoms with van der Waals surface area (Å²) in [5.74, 6) is -0.253. The second-order valence-corrected chi connectivity index (χ2v) is 5.92. The molecule has 1 N–H and O–H groups in total. The van der Waals surface area contributed by atoms with Crippen molar-refractivity contribution < 1.29 is 4.79 Å². The maximum Gasteiger partial charge on any atom is 0.264 e. The van der Waals surface area contributed by atoms with Crippen molar-refractivity contribution >= 4 is 28.8 Å². The van der Waals surface area contributed by atoms with Gasteiger partial charge in [0.1, 0.15) is 11.6 Å². The van der Waals surface area contributed by atoms with E-state index in [1.54, 1.807) is 17.8 Å². The summed E-state index contributed by atoms with van der Waals surface area (Å²) < 4.78 is 1.59. The molecule has 7 nitrogen and oxygen atoms in total. The largest absolute Gasteiger partial charge is 0.378 e. The van der Waals surface area contributed by atoms with Gasteiger partial charge in [-0.25, -0.2) is 10.1 Å². The number of amides is 1. The topological polar surface area (TPSA) is 75.4 Å². The fourth-order valence-electron chi connectivity index (χ4n) is 2.41. The fraction of sp³-hybridized carbons (Fsp3) is 0.222. The van der Waals surface area contributed by atoms with Gasteiger partial charge in [0.05, 0.1) is 11.7 Å². The molecule has 0 saturated heterocycles. The molecular weight excluding hydrogens is 316 g/mol. The van der Waals surface area contributed by atoms with Crippen molar-refractivity contribution in [3.8, 4) is 0 Å². The maximum atomic E-state index is 12.3. The zero-order chi connectivity index (χ0) is 17.8. The highest BCUT2D eigenvalue weighted by molar-refractivity contribution is 5.85. The number of hydrazone groups is 1. The summed E-state index contributed by atoms with van der Waals surface area (Å²) in [5, 5.41) is 12.1. The first kappa shape index (κ1) is 16.6. The molecule has 0 aliphatic heterocycles. The van der Waals surface area contributed by atoms with Gasteiger partial charge in [0, 0.05) is 19.8 Å². The third-order valence-corrected chi connectivity index (χ3v) is 3.92. The summed E-state index contributed by atoms with van der Waals surface area (Å²) >= 11 is 0. The monoisotopic (exact) mass is 336 g/mol. The van der Waals surface area contributed by atoms with Gasteiger partial charge >= 0.3 is 0 Å². The Morgan fingerprint density at radius 3 is 2.64 bits per heavy atom. The molecule has 2 aromatic carbocycles. The van der Waals surface area contributed by atoms with E-state index >= 15 is 0 Å². The minimum atomic E-state index is -0.513. The number of anilines is 1. The maximum absolute atomic E-state index is 12.3. The second kappa shape index (κ2) is 7.12. The summed E-state index contributed by atoms with van der Waals surface area (Å²) in [6.45, 7) is 1.76. The van der Waals surface area contributed by atoms with Crippen molar-refractivity contribution in [2.45, 2.75) is 13.0 Å². The molecule has 1 atom stereocenters. The van der Waals surface area contributed by atoms with Crippen molar-refractivity contribution in [1.82, 2.24) is 20.4 Å². The number of carbonyl (C=O) groups excluding carboxylic acids is 1. The first-order valence-corrected chi connectivity index (χ1v) is 7.96. The van der Waals surface area contributed by atoms with Gasteiger partial charge in [-0.2, -0.15) is 5.10 Å². The minimum Gasteiger partial charge on any atom is -0.378 e. The Balaban J connectivity index is 1.65. The van der Waals surface area contributed by atoms with Gasteiger partial charge in [-0.3, -0.25) is 4.79 Å². The molecule has 128 valence electrons. The number of fused-ring (bicyclic) bond motifs is 1. The van der Waals surface area contributed by atoms with Gasteiger partial charge in [-0.1, -0.05) is 29.5 Å². The Morgan fingerprint density at radius 2 is 1.92 bits per heavy atom. The van der Waals surface area contributed by atoms with Crippen LogP contribution < -0.4 is 10.3 Å². The van der Waals surface area contributed by atoms with E-state index in [4.69, 9.17) is 0 Å². The van der Waals surface area contributed by atoms with Crippen molar-refractivity contribution in [3.63, 3.8) is 0 Å². The molecule has 0 aliphatic rings. The van der Waals surface area contributed by atoms with Crippen LogP contribution in [0.4, 0.5) is 5.69 Å². The van der Waals surface area contributed by atoms with E-state index in [0.717, 1.165) is 22.3 Å². The van der Waals surface area contributed by atoms with E-state index < -0.39 is 6.04 Å². The number of hydrogen-bond acceptors (Lipinski definition) is 5. The first-order chi connectivity index (χ1) is 12.1. The molecule has 3 aromatic rings. The Hall–Kier alpha value is -3.22. The minimum absolute atomic E-state index is 0.253. The van der Waals surface area contributed by atoms with Gasteiger partial charge in [0.2, 0.25) is 0 Å². The van der Waals surface area contributed by atoms with Crippen molar-refractivity contribution in [3.05, 3.63) is 54.1 Å². The van der Waals surface area contributed by atoms with Crippen molar-refractivity contribution in [1.29, 1.82) is 0 Å². The lowest BCUT2D eigenvalue weighted by atomic mass is 10.2. The lowest BCUT2D eigenvalue weighted by Crippen LogP contribution is -2.28. The van der Waals surface area contributed by atoms with Crippen molar-refractivity contribution in [2.75, 3.05) is 19.0 Å². The predicted molar refractivity (Wildman–Crippen MR) is 98.7 cm³/mol. The van der Waals surface area contributed by atoms with E-state index in [1.165, 1.54) is 0 Å². The number of rotatable bonds is 5. The van der Waals surface area contributed by atoms with Crippen LogP contribution in [0.3, 0.4) is 0 Å². The highest BCUT2D eigenvalue weighted by atomic mass is 16.2. The van der Waals surface area contributed by atoms with Crippen LogP contribution in [0.5, 0.6) is 0 Å². The Bertz CT molecular complexity index is 897. The van der Waals surface area contributed by atoms with E-state index in [9.17, 15) is 4.79 Å². The van der Waals surface area contributed by atoms with Gasteiger partial charge in [-0.15, -0.1) is 5.10 Å². The molecule has 0 fully saturated rings. The Kier molecular flexibility index (Phi) is 4.74. The van der Waals surface area contributed by atoms with Crippen LogP contribution in [-0.2, 0) is 4.79 Å². The van der Waals surface area contributed by atoms with Gasteiger partial charge in [0.25, 0.3) is 5.91 Å². The van der Waals surface area contributed by atoms with Gasteiger partial charge < -0.3 is 4.90 Å². The summed E-state index contributed by atoms with van der Waals surface area (Å²) in [5.41, 5.74) is 6.13. The fourth-order valence-corrected chi connectivity index (χ4v) is 2.41. The second-order valence-electron chi connectivity index (χ2n) is 5.92. The lowest BCUT2D eigenvalue weighted by molar-refractivity contribution is -0.124. The first-order valence-electron chi connectivity index (χ1n) is 7.96. The summed E-state index contributed by atoms with van der Waals surface area (Å²) in [4.78, 5) is 14.3. The van der Waals surface area contributed by atoms with Crippen LogP contribution >= 0.6 is 0 Å². The van der Waals surface area contributed by atoms with Crippen LogP contribution in [0.1, 0.15) is 18.5 Å². The summed E-state index contributed by atoms with van der Waals surface area (Å²) in [7, 11) is 3.97. The van der Waals surface area contributed by atoms with Crippen LogP contribution in [0.15, 0.2) is 53.6 Å². The normalized spacial score (nSPS) is 12.4. The molecule has 1 amide bonds. The van der Waals surface area contributed by atoms with Crippen LogP contribution in [0.2, 0.25) is 0 Å².